The van der Waals surface area contributed by atoms with E-state index in [2.05, 4.69) is 158 Å². The molecule has 0 aromatic heterocycles. The number of aliphatic imine (C=N–C) groups is 2. The molecular weight excluding hydrogens is 896 g/mol. The first kappa shape index (κ1) is 46.6. The fourth-order valence-corrected chi connectivity index (χ4v) is 10.0. The van der Waals surface area contributed by atoms with Crippen LogP contribution in [0.3, 0.4) is 0 Å². The summed E-state index contributed by atoms with van der Waals surface area (Å²) in [4.78, 5) is 10.5. The summed E-state index contributed by atoms with van der Waals surface area (Å²) in [5.74, 6) is 0.424. The Hall–Kier alpha value is -6.94. The molecular formula is C62H52N2O2Zr. The van der Waals surface area contributed by atoms with Crippen LogP contribution in [0.5, 0.6) is 11.5 Å². The Labute approximate surface area is 413 Å². The zero-order chi connectivity index (χ0) is 43.0. The second-order valence-corrected chi connectivity index (χ2v) is 16.9. The van der Waals surface area contributed by atoms with E-state index in [1.165, 1.54) is 0 Å². The number of aromatic hydroxyl groups is 2. The Kier molecular flexibility index (Phi) is 14.1. The molecule has 5 heteroatoms. The van der Waals surface area contributed by atoms with E-state index in [-0.39, 0.29) is 64.6 Å². The zero-order valence-electron chi connectivity index (χ0n) is 37.9. The molecule has 67 heavy (non-hydrogen) atoms. The van der Waals surface area contributed by atoms with Gasteiger partial charge in [-0.2, -0.15) is 0 Å². The van der Waals surface area contributed by atoms with Gasteiger partial charge in [-0.15, -0.1) is 0 Å². The van der Waals surface area contributed by atoms with Crippen LogP contribution in [0.15, 0.2) is 204 Å². The van der Waals surface area contributed by atoms with Gasteiger partial charge in [0.05, 0.1) is 12.1 Å². The Balaban J connectivity index is 0.00000203. The van der Waals surface area contributed by atoms with Gasteiger partial charge in [-0.3, -0.25) is 9.98 Å². The SMILES string of the molecule is Oc1c(C=N[C@@H]2CCCC[C@H]2N=Cc2cc3ccccc3c(-c3c(-c4ccccc4)ccc4ccccc34)c2O)cc2ccccc2c1-c1c(-c2ccccc2)ccc2ccccc12.[CH3-].[CH3-].[Zr+2]. The summed E-state index contributed by atoms with van der Waals surface area (Å²) in [7, 11) is 0. The van der Waals surface area contributed by atoms with Crippen LogP contribution in [0.1, 0.15) is 36.8 Å². The largest absolute Gasteiger partial charge is 2.00 e. The van der Waals surface area contributed by atoms with Crippen LogP contribution in [0.25, 0.3) is 87.6 Å². The number of benzene rings is 10. The summed E-state index contributed by atoms with van der Waals surface area (Å²) in [5, 5.41) is 33.4. The predicted molar refractivity (Wildman–Crippen MR) is 282 cm³/mol. The van der Waals surface area contributed by atoms with Crippen LogP contribution in [0.4, 0.5) is 0 Å². The maximum atomic E-state index is 12.5. The quantitative estimate of drug-likeness (QED) is 0.118. The summed E-state index contributed by atoms with van der Waals surface area (Å²) in [5.41, 5.74) is 9.27. The third kappa shape index (κ3) is 8.77. The van der Waals surface area contributed by atoms with Gasteiger partial charge in [0.2, 0.25) is 0 Å². The van der Waals surface area contributed by atoms with E-state index in [0.717, 1.165) is 113 Å². The van der Waals surface area contributed by atoms with Crippen LogP contribution in [0, 0.1) is 14.9 Å². The van der Waals surface area contributed by atoms with Crippen LogP contribution in [-0.2, 0) is 26.2 Å². The number of rotatable bonds is 8. The second kappa shape index (κ2) is 20.3. The van der Waals surface area contributed by atoms with Gasteiger partial charge in [-0.05, 0) is 90.3 Å². The van der Waals surface area contributed by atoms with E-state index < -0.39 is 0 Å². The van der Waals surface area contributed by atoms with Gasteiger partial charge < -0.3 is 25.1 Å². The van der Waals surface area contributed by atoms with E-state index >= 15 is 0 Å². The Morgan fingerprint density at radius 1 is 0.373 bits per heavy atom. The van der Waals surface area contributed by atoms with Crippen molar-refractivity contribution in [3.8, 4) is 56.0 Å². The van der Waals surface area contributed by atoms with Gasteiger partial charge in [0.15, 0.2) is 0 Å². The molecule has 0 heterocycles. The first-order valence-corrected chi connectivity index (χ1v) is 22.3. The normalized spacial score (nSPS) is 14.9. The van der Waals surface area contributed by atoms with Gasteiger partial charge in [-0.1, -0.05) is 195 Å². The molecule has 1 fully saturated rings. The third-order valence-electron chi connectivity index (χ3n) is 13.1. The molecule has 10 aromatic rings. The van der Waals surface area contributed by atoms with Crippen LogP contribution >= 0.6 is 0 Å². The topological polar surface area (TPSA) is 65.2 Å². The van der Waals surface area contributed by atoms with Crippen molar-refractivity contribution >= 4 is 55.5 Å². The van der Waals surface area contributed by atoms with Crippen LogP contribution < -0.4 is 0 Å². The van der Waals surface area contributed by atoms with Crippen LogP contribution in [0.2, 0.25) is 0 Å². The van der Waals surface area contributed by atoms with Crippen molar-refractivity contribution in [2.45, 2.75) is 37.8 Å². The van der Waals surface area contributed by atoms with Crippen molar-refractivity contribution in [3.05, 3.63) is 220 Å². The van der Waals surface area contributed by atoms with E-state index in [4.69, 9.17) is 9.98 Å². The molecule has 2 N–H and O–H groups in total. The van der Waals surface area contributed by atoms with Crippen molar-refractivity contribution in [2.24, 2.45) is 9.98 Å². The minimum absolute atomic E-state index is 0. The summed E-state index contributed by atoms with van der Waals surface area (Å²) in [6.07, 6.45) is 7.60. The molecule has 0 bridgehead atoms. The number of phenols is 2. The molecule has 11 rings (SSSR count). The molecule has 0 amide bonds. The maximum absolute atomic E-state index is 12.5. The van der Waals surface area contributed by atoms with Crippen molar-refractivity contribution in [1.82, 2.24) is 0 Å². The molecule has 1 aliphatic carbocycles. The molecule has 1 saturated carbocycles. The number of fused-ring (bicyclic) bond motifs is 4. The molecule has 0 unspecified atom stereocenters. The first-order valence-electron chi connectivity index (χ1n) is 22.3. The minimum atomic E-state index is -0.0958. The van der Waals surface area contributed by atoms with Crippen molar-refractivity contribution in [3.63, 3.8) is 0 Å². The third-order valence-corrected chi connectivity index (χ3v) is 13.1. The van der Waals surface area contributed by atoms with Crippen molar-refractivity contribution < 1.29 is 36.4 Å². The van der Waals surface area contributed by atoms with Crippen LogP contribution in [-0.4, -0.2) is 34.7 Å². The number of phenolic OH excluding ortho intramolecular Hbond substituents is 2. The molecule has 0 radical (unpaired) electrons. The average molecular weight is 948 g/mol. The van der Waals surface area contributed by atoms with Crippen molar-refractivity contribution in [1.29, 1.82) is 0 Å². The Morgan fingerprint density at radius 2 is 0.701 bits per heavy atom. The predicted octanol–water partition coefficient (Wildman–Crippen LogP) is 16.1. The Bertz CT molecular complexity index is 3210. The van der Waals surface area contributed by atoms with Gasteiger partial charge in [-0.25, -0.2) is 0 Å². The maximum Gasteiger partial charge on any atom is 2.00 e. The standard InChI is InChI=1S/C60H46N2O2.2CH3.Zr/c63-59-45(35-43-23-9-13-27-49(43)57(59)55-47-25-11-7-21-41(47)31-33-51(55)39-17-3-1-4-18-39)37-61-53-29-15-16-30-54(53)62-38-46-36-44-24-10-14-28-50(44)58(60(46)64)56-48-26-12-8-22-42(48)32-34-52(56)40-19-5-2-6-20-40;;;/h1-14,17-28,31-38,53-54,63-64H,15-16,29-30H2;2*1H3;/q;2*-1;+2/t53-,54-;;;/m1.../s1. The summed E-state index contributed by atoms with van der Waals surface area (Å²) in [6, 6.07) is 66.9. The number of hydrogen-bond donors (Lipinski definition) is 2. The smallest absolute Gasteiger partial charge is 0.507 e. The number of hydrogen-bond acceptors (Lipinski definition) is 4. The molecule has 0 spiro atoms. The first-order chi connectivity index (χ1) is 31.6. The summed E-state index contributed by atoms with van der Waals surface area (Å²) >= 11 is 0. The van der Waals surface area contributed by atoms with Gasteiger partial charge in [0, 0.05) is 45.8 Å². The van der Waals surface area contributed by atoms with E-state index in [9.17, 15) is 10.2 Å². The monoisotopic (exact) mass is 946 g/mol. The molecule has 2 atom stereocenters. The molecule has 4 nitrogen and oxygen atoms in total. The fraction of sp³-hybridized carbons (Fsp3) is 0.0968. The van der Waals surface area contributed by atoms with E-state index in [1.807, 2.05) is 48.8 Å². The van der Waals surface area contributed by atoms with E-state index in [1.54, 1.807) is 0 Å². The fourth-order valence-electron chi connectivity index (χ4n) is 10.0. The molecule has 0 aliphatic heterocycles. The molecule has 0 saturated heterocycles. The minimum Gasteiger partial charge on any atom is -0.507 e. The van der Waals surface area contributed by atoms with E-state index in [0.29, 0.717) is 11.1 Å². The van der Waals surface area contributed by atoms with Gasteiger partial charge in [0.25, 0.3) is 0 Å². The molecule has 10 aromatic carbocycles. The Morgan fingerprint density at radius 3 is 1.09 bits per heavy atom. The number of nitrogens with zero attached hydrogens (tertiary/aromatic N) is 2. The second-order valence-electron chi connectivity index (χ2n) is 16.9. The summed E-state index contributed by atoms with van der Waals surface area (Å²) < 4.78 is 0. The molecule has 326 valence electrons. The zero-order valence-corrected chi connectivity index (χ0v) is 40.4. The summed E-state index contributed by atoms with van der Waals surface area (Å²) in [6.45, 7) is 0. The van der Waals surface area contributed by atoms with Gasteiger partial charge in [0.1, 0.15) is 11.5 Å². The van der Waals surface area contributed by atoms with Crippen molar-refractivity contribution in [2.75, 3.05) is 0 Å². The van der Waals surface area contributed by atoms with Gasteiger partial charge >= 0.3 is 26.2 Å². The molecule has 1 aliphatic rings. The average Bonchev–Trinajstić information content (AvgIpc) is 3.35.